The van der Waals surface area contributed by atoms with E-state index in [-0.39, 0.29) is 0 Å². The molecule has 1 rings (SSSR count). The van der Waals surface area contributed by atoms with E-state index in [1.54, 1.807) is 25.1 Å². The Labute approximate surface area is 76.8 Å². The lowest BCUT2D eigenvalue weighted by Crippen LogP contribution is -2.16. The van der Waals surface area contributed by atoms with Gasteiger partial charge in [0.25, 0.3) is 0 Å². The fourth-order valence-corrected chi connectivity index (χ4v) is 0.873. The Hall–Kier alpha value is -1.78. The number of hydrogen-bond donors (Lipinski definition) is 1. The van der Waals surface area contributed by atoms with Crippen LogP contribution in [0.2, 0.25) is 0 Å². The van der Waals surface area contributed by atoms with Crippen LogP contribution >= 0.6 is 0 Å². The van der Waals surface area contributed by atoms with E-state index in [1.165, 1.54) is 6.34 Å². The van der Waals surface area contributed by atoms with Gasteiger partial charge in [-0.05, 0) is 6.07 Å². The number of nitrogens with zero attached hydrogens (tertiary/aromatic N) is 3. The summed E-state index contributed by atoms with van der Waals surface area (Å²) in [7, 11) is 3.38. The number of hydrogen-bond acceptors (Lipinski definition) is 4. The molecule has 0 spiro atoms. The number of rotatable bonds is 3. The standard InChI is InChI=1S/C8H12N4O/c1-12(6-10-9)7-4-3-5-8(11-7)13-2/h3-6H,9H2,1-2H3/b10-6-. The van der Waals surface area contributed by atoms with Gasteiger partial charge in [0, 0.05) is 13.1 Å². The number of methoxy groups -OCH3 is 1. The summed E-state index contributed by atoms with van der Waals surface area (Å²) in [5, 5.41) is 3.39. The van der Waals surface area contributed by atoms with Crippen LogP contribution in [0.25, 0.3) is 0 Å². The Bertz CT molecular complexity index is 300. The molecule has 0 aromatic carbocycles. The second-order valence-electron chi connectivity index (χ2n) is 2.41. The Morgan fingerprint density at radius 3 is 3.00 bits per heavy atom. The Kier molecular flexibility index (Phi) is 3.08. The summed E-state index contributed by atoms with van der Waals surface area (Å²) >= 11 is 0. The molecule has 5 heteroatoms. The predicted molar refractivity (Wildman–Crippen MR) is 51.9 cm³/mol. The fraction of sp³-hybridized carbons (Fsp3) is 0.250. The van der Waals surface area contributed by atoms with Crippen molar-refractivity contribution >= 4 is 12.2 Å². The zero-order chi connectivity index (χ0) is 9.68. The predicted octanol–water partition coefficient (Wildman–Crippen LogP) is 0.428. The maximum Gasteiger partial charge on any atom is 0.214 e. The summed E-state index contributed by atoms with van der Waals surface area (Å²) in [6.07, 6.45) is 1.47. The molecule has 0 saturated heterocycles. The van der Waals surface area contributed by atoms with Gasteiger partial charge in [0.05, 0.1) is 7.11 Å². The van der Waals surface area contributed by atoms with Gasteiger partial charge in [0.2, 0.25) is 5.88 Å². The average Bonchev–Trinajstić information content (AvgIpc) is 2.18. The quantitative estimate of drug-likeness (QED) is 0.317. The van der Waals surface area contributed by atoms with Gasteiger partial charge >= 0.3 is 0 Å². The molecule has 0 fully saturated rings. The van der Waals surface area contributed by atoms with Crippen molar-refractivity contribution in [2.45, 2.75) is 0 Å². The zero-order valence-corrected chi connectivity index (χ0v) is 7.64. The second-order valence-corrected chi connectivity index (χ2v) is 2.41. The first-order valence-corrected chi connectivity index (χ1v) is 3.75. The van der Waals surface area contributed by atoms with Crippen molar-refractivity contribution in [2.75, 3.05) is 19.1 Å². The molecule has 5 nitrogen and oxygen atoms in total. The normalized spacial score (nSPS) is 10.3. The van der Waals surface area contributed by atoms with Crippen LogP contribution in [-0.4, -0.2) is 25.5 Å². The van der Waals surface area contributed by atoms with Crippen LogP contribution in [0.15, 0.2) is 23.3 Å². The molecule has 1 heterocycles. The summed E-state index contributed by atoms with van der Waals surface area (Å²) in [4.78, 5) is 5.86. The molecule has 0 unspecified atom stereocenters. The highest BCUT2D eigenvalue weighted by atomic mass is 16.5. The van der Waals surface area contributed by atoms with Gasteiger partial charge in [0.15, 0.2) is 0 Å². The Morgan fingerprint density at radius 2 is 2.38 bits per heavy atom. The first kappa shape index (κ1) is 9.31. The molecule has 0 amide bonds. The van der Waals surface area contributed by atoms with E-state index in [1.807, 2.05) is 12.1 Å². The van der Waals surface area contributed by atoms with Crippen LogP contribution in [0.5, 0.6) is 5.88 Å². The lowest BCUT2D eigenvalue weighted by atomic mass is 10.4. The monoisotopic (exact) mass is 180 g/mol. The van der Waals surface area contributed by atoms with E-state index in [0.717, 1.165) is 5.82 Å². The lowest BCUT2D eigenvalue weighted by Gasteiger charge is -2.11. The third-order valence-electron chi connectivity index (χ3n) is 1.52. The van der Waals surface area contributed by atoms with Crippen LogP contribution < -0.4 is 15.5 Å². The molecule has 0 bridgehead atoms. The molecule has 1 aromatic heterocycles. The third kappa shape index (κ3) is 2.33. The maximum atomic E-state index is 5.01. The SMILES string of the molecule is COc1cccc(N(C)/C=N\N)n1. The molecule has 0 radical (unpaired) electrons. The van der Waals surface area contributed by atoms with Crippen molar-refractivity contribution in [1.82, 2.24) is 4.98 Å². The molecule has 13 heavy (non-hydrogen) atoms. The highest BCUT2D eigenvalue weighted by Gasteiger charge is 2.00. The van der Waals surface area contributed by atoms with E-state index < -0.39 is 0 Å². The Balaban J connectivity index is 2.87. The largest absolute Gasteiger partial charge is 0.481 e. The van der Waals surface area contributed by atoms with Crippen LogP contribution in [-0.2, 0) is 0 Å². The highest BCUT2D eigenvalue weighted by Crippen LogP contribution is 2.12. The minimum atomic E-state index is 0.565. The topological polar surface area (TPSA) is 63.7 Å². The molecule has 0 atom stereocenters. The Morgan fingerprint density at radius 1 is 1.62 bits per heavy atom. The minimum Gasteiger partial charge on any atom is -0.481 e. The number of aromatic nitrogens is 1. The van der Waals surface area contributed by atoms with E-state index >= 15 is 0 Å². The number of anilines is 1. The van der Waals surface area contributed by atoms with Crippen molar-refractivity contribution in [3.8, 4) is 5.88 Å². The van der Waals surface area contributed by atoms with E-state index in [2.05, 4.69) is 10.1 Å². The summed E-state index contributed by atoms with van der Waals surface area (Å²) in [6, 6.07) is 5.46. The molecular formula is C8H12N4O. The molecule has 1 aromatic rings. The molecule has 2 N–H and O–H groups in total. The summed E-state index contributed by atoms with van der Waals surface area (Å²) in [5.74, 6) is 6.30. The summed E-state index contributed by atoms with van der Waals surface area (Å²) in [6.45, 7) is 0. The van der Waals surface area contributed by atoms with E-state index in [0.29, 0.717) is 5.88 Å². The third-order valence-corrected chi connectivity index (χ3v) is 1.52. The van der Waals surface area contributed by atoms with Crippen LogP contribution in [0, 0.1) is 0 Å². The number of nitrogens with two attached hydrogens (primary N) is 1. The molecule has 70 valence electrons. The smallest absolute Gasteiger partial charge is 0.214 e. The van der Waals surface area contributed by atoms with Gasteiger partial charge in [-0.2, -0.15) is 10.1 Å². The zero-order valence-electron chi connectivity index (χ0n) is 7.64. The first-order valence-electron chi connectivity index (χ1n) is 3.75. The van der Waals surface area contributed by atoms with Gasteiger partial charge in [-0.1, -0.05) is 6.07 Å². The van der Waals surface area contributed by atoms with E-state index in [4.69, 9.17) is 10.6 Å². The van der Waals surface area contributed by atoms with Crippen LogP contribution in [0.4, 0.5) is 5.82 Å². The lowest BCUT2D eigenvalue weighted by molar-refractivity contribution is 0.398. The van der Waals surface area contributed by atoms with Crippen molar-refractivity contribution in [1.29, 1.82) is 0 Å². The fourth-order valence-electron chi connectivity index (χ4n) is 0.873. The number of pyridine rings is 1. The number of hydrazone groups is 1. The van der Waals surface area contributed by atoms with E-state index in [9.17, 15) is 0 Å². The molecular weight excluding hydrogens is 168 g/mol. The van der Waals surface area contributed by atoms with Crippen molar-refractivity contribution < 1.29 is 4.74 Å². The number of ether oxygens (including phenoxy) is 1. The molecule has 0 aliphatic carbocycles. The van der Waals surface area contributed by atoms with Crippen LogP contribution in [0.3, 0.4) is 0 Å². The molecule has 0 aliphatic rings. The van der Waals surface area contributed by atoms with Gasteiger partial charge in [-0.25, -0.2) is 0 Å². The minimum absolute atomic E-state index is 0.565. The average molecular weight is 180 g/mol. The van der Waals surface area contributed by atoms with Gasteiger partial charge in [-0.3, -0.25) is 0 Å². The first-order chi connectivity index (χ1) is 6.27. The van der Waals surface area contributed by atoms with Gasteiger partial charge in [-0.15, -0.1) is 0 Å². The second kappa shape index (κ2) is 4.30. The highest BCUT2D eigenvalue weighted by molar-refractivity contribution is 5.76. The maximum absolute atomic E-state index is 5.01. The van der Waals surface area contributed by atoms with Crippen molar-refractivity contribution in [3.05, 3.63) is 18.2 Å². The molecule has 0 aliphatic heterocycles. The summed E-state index contributed by atoms with van der Waals surface area (Å²) in [5.41, 5.74) is 0. The molecule has 0 saturated carbocycles. The van der Waals surface area contributed by atoms with Gasteiger partial charge < -0.3 is 15.5 Å². The van der Waals surface area contributed by atoms with Crippen LogP contribution in [0.1, 0.15) is 0 Å². The summed E-state index contributed by atoms with van der Waals surface area (Å²) < 4.78 is 4.97. The van der Waals surface area contributed by atoms with Crippen molar-refractivity contribution in [3.63, 3.8) is 0 Å². The van der Waals surface area contributed by atoms with Gasteiger partial charge in [0.1, 0.15) is 12.2 Å². The van der Waals surface area contributed by atoms with Crippen molar-refractivity contribution in [2.24, 2.45) is 10.9 Å².